The summed E-state index contributed by atoms with van der Waals surface area (Å²) in [5.74, 6) is 0.768. The lowest BCUT2D eigenvalue weighted by Gasteiger charge is -2.10. The molecule has 2 nitrogen and oxygen atoms in total. The first-order chi connectivity index (χ1) is 13.1. The van der Waals surface area contributed by atoms with Crippen LogP contribution in [0.4, 0.5) is 0 Å². The number of nitriles is 1. The van der Waals surface area contributed by atoms with E-state index in [4.69, 9.17) is 27.9 Å². The summed E-state index contributed by atoms with van der Waals surface area (Å²) in [7, 11) is 0. The summed E-state index contributed by atoms with van der Waals surface area (Å²) in [5, 5.41) is 10.8. The molecule has 0 spiro atoms. The molecule has 3 aromatic rings. The Balaban J connectivity index is 1.81. The summed E-state index contributed by atoms with van der Waals surface area (Å²) < 4.78 is 6.84. The Labute approximate surface area is 182 Å². The molecule has 0 unspecified atom stereocenters. The summed E-state index contributed by atoms with van der Waals surface area (Å²) in [5.41, 5.74) is 3.07. The van der Waals surface area contributed by atoms with Crippen molar-refractivity contribution in [2.75, 3.05) is 0 Å². The van der Waals surface area contributed by atoms with E-state index in [0.29, 0.717) is 22.2 Å². The summed E-state index contributed by atoms with van der Waals surface area (Å²) in [4.78, 5) is 0. The molecular formula is C22H14Cl2INO. The normalized spacial score (nSPS) is 11.1. The lowest BCUT2D eigenvalue weighted by Crippen LogP contribution is -1.98. The fourth-order valence-electron chi connectivity index (χ4n) is 2.51. The van der Waals surface area contributed by atoms with Gasteiger partial charge in [0.2, 0.25) is 0 Å². The van der Waals surface area contributed by atoms with Crippen LogP contribution in [0.2, 0.25) is 10.0 Å². The van der Waals surface area contributed by atoms with Crippen LogP contribution in [0.5, 0.6) is 5.75 Å². The van der Waals surface area contributed by atoms with Gasteiger partial charge in [0, 0.05) is 21.2 Å². The lowest BCUT2D eigenvalue weighted by atomic mass is 10.0. The predicted octanol–water partition coefficient (Wildman–Crippen LogP) is 7.24. The van der Waals surface area contributed by atoms with Crippen LogP contribution in [0.25, 0.3) is 11.6 Å². The number of nitrogens with zero attached hydrogens (tertiary/aromatic N) is 1. The van der Waals surface area contributed by atoms with Gasteiger partial charge in [-0.05, 0) is 58.5 Å². The quantitative estimate of drug-likeness (QED) is 0.208. The highest BCUT2D eigenvalue weighted by Gasteiger charge is 2.08. The molecule has 0 aliphatic rings. The van der Waals surface area contributed by atoms with E-state index >= 15 is 0 Å². The molecule has 0 radical (unpaired) electrons. The van der Waals surface area contributed by atoms with Crippen molar-refractivity contribution in [2.24, 2.45) is 0 Å². The van der Waals surface area contributed by atoms with Gasteiger partial charge >= 0.3 is 0 Å². The van der Waals surface area contributed by atoms with Gasteiger partial charge in [-0.1, -0.05) is 65.7 Å². The molecule has 134 valence electrons. The van der Waals surface area contributed by atoms with Gasteiger partial charge in [-0.25, -0.2) is 0 Å². The first kappa shape index (κ1) is 19.8. The predicted molar refractivity (Wildman–Crippen MR) is 120 cm³/mol. The number of ether oxygens (including phenoxy) is 1. The largest absolute Gasteiger partial charge is 0.488 e. The molecule has 3 rings (SSSR count). The standard InChI is InChI=1S/C22H14Cl2INO/c23-19-7-3-1-5-16(19)14-27-22-10-9-15(12-21(22)25)11-17(13-26)18-6-2-4-8-20(18)24/h1-12H,14H2. The van der Waals surface area contributed by atoms with Crippen molar-refractivity contribution in [1.29, 1.82) is 5.26 Å². The van der Waals surface area contributed by atoms with E-state index in [9.17, 15) is 5.26 Å². The zero-order valence-electron chi connectivity index (χ0n) is 14.1. The van der Waals surface area contributed by atoms with Crippen LogP contribution in [0.1, 0.15) is 16.7 Å². The average molecular weight is 506 g/mol. The minimum absolute atomic E-state index is 0.397. The number of allylic oxidation sites excluding steroid dienone is 1. The monoisotopic (exact) mass is 505 g/mol. The Morgan fingerprint density at radius 1 is 1.00 bits per heavy atom. The highest BCUT2D eigenvalue weighted by Crippen LogP contribution is 2.28. The molecule has 27 heavy (non-hydrogen) atoms. The number of benzene rings is 3. The maximum absolute atomic E-state index is 9.51. The van der Waals surface area contributed by atoms with E-state index in [2.05, 4.69) is 28.7 Å². The molecule has 0 aromatic heterocycles. The molecule has 0 N–H and O–H groups in total. The number of hydrogen-bond donors (Lipinski definition) is 0. The van der Waals surface area contributed by atoms with Crippen LogP contribution >= 0.6 is 45.8 Å². The van der Waals surface area contributed by atoms with Gasteiger partial charge in [-0.3, -0.25) is 0 Å². The molecule has 0 aliphatic carbocycles. The van der Waals surface area contributed by atoms with Gasteiger partial charge in [-0.2, -0.15) is 5.26 Å². The van der Waals surface area contributed by atoms with Gasteiger partial charge in [0.25, 0.3) is 0 Å². The fraction of sp³-hybridized carbons (Fsp3) is 0.0455. The van der Waals surface area contributed by atoms with Crippen molar-refractivity contribution in [3.05, 3.63) is 97.0 Å². The zero-order valence-corrected chi connectivity index (χ0v) is 17.8. The van der Waals surface area contributed by atoms with Crippen molar-refractivity contribution >= 4 is 57.4 Å². The minimum Gasteiger partial charge on any atom is -0.488 e. The van der Waals surface area contributed by atoms with Crippen LogP contribution in [0.3, 0.4) is 0 Å². The Kier molecular flexibility index (Phi) is 6.78. The van der Waals surface area contributed by atoms with Crippen molar-refractivity contribution in [3.8, 4) is 11.8 Å². The van der Waals surface area contributed by atoms with Crippen LogP contribution in [0.15, 0.2) is 66.7 Å². The van der Waals surface area contributed by atoms with E-state index < -0.39 is 0 Å². The molecule has 0 atom stereocenters. The van der Waals surface area contributed by atoms with Crippen molar-refractivity contribution in [1.82, 2.24) is 0 Å². The van der Waals surface area contributed by atoms with Crippen LogP contribution < -0.4 is 4.74 Å². The highest BCUT2D eigenvalue weighted by atomic mass is 127. The van der Waals surface area contributed by atoms with Crippen LogP contribution in [0, 0.1) is 14.9 Å². The van der Waals surface area contributed by atoms with Crippen LogP contribution in [-0.4, -0.2) is 0 Å². The van der Waals surface area contributed by atoms with Gasteiger partial charge in [0.1, 0.15) is 12.4 Å². The Morgan fingerprint density at radius 2 is 1.70 bits per heavy atom. The minimum atomic E-state index is 0.397. The summed E-state index contributed by atoms with van der Waals surface area (Å²) in [6.45, 7) is 0.397. The molecule has 0 fully saturated rings. The number of hydrogen-bond acceptors (Lipinski definition) is 2. The van der Waals surface area contributed by atoms with Crippen molar-refractivity contribution < 1.29 is 4.74 Å². The second-order valence-electron chi connectivity index (χ2n) is 5.72. The van der Waals surface area contributed by atoms with Gasteiger partial charge < -0.3 is 4.74 Å². The Morgan fingerprint density at radius 3 is 2.37 bits per heavy atom. The van der Waals surface area contributed by atoms with E-state index in [-0.39, 0.29) is 0 Å². The van der Waals surface area contributed by atoms with Crippen molar-refractivity contribution in [2.45, 2.75) is 6.61 Å². The van der Waals surface area contributed by atoms with E-state index in [1.54, 1.807) is 6.07 Å². The Hall–Kier alpha value is -2.00. The third kappa shape index (κ3) is 5.04. The maximum Gasteiger partial charge on any atom is 0.133 e. The summed E-state index contributed by atoms with van der Waals surface area (Å²) in [6, 6.07) is 22.9. The molecule has 0 bridgehead atoms. The smallest absolute Gasteiger partial charge is 0.133 e. The maximum atomic E-state index is 9.51. The second kappa shape index (κ2) is 9.27. The molecule has 0 amide bonds. The van der Waals surface area contributed by atoms with Gasteiger partial charge in [-0.15, -0.1) is 0 Å². The third-order valence-corrected chi connectivity index (χ3v) is 5.43. The van der Waals surface area contributed by atoms with Gasteiger partial charge in [0.05, 0.1) is 15.2 Å². The lowest BCUT2D eigenvalue weighted by molar-refractivity contribution is 0.304. The molecule has 5 heteroatoms. The topological polar surface area (TPSA) is 33.0 Å². The molecule has 0 aliphatic heterocycles. The number of rotatable bonds is 5. The number of halogens is 3. The molecule has 0 saturated heterocycles. The van der Waals surface area contributed by atoms with Crippen molar-refractivity contribution in [3.63, 3.8) is 0 Å². The van der Waals surface area contributed by atoms with E-state index in [0.717, 1.165) is 26.0 Å². The van der Waals surface area contributed by atoms with Crippen LogP contribution in [-0.2, 0) is 6.61 Å². The summed E-state index contributed by atoms with van der Waals surface area (Å²) >= 11 is 14.6. The average Bonchev–Trinajstić information content (AvgIpc) is 2.67. The SMILES string of the molecule is N#CC(=Cc1ccc(OCc2ccccc2Cl)c(I)c1)c1ccccc1Cl. The first-order valence-corrected chi connectivity index (χ1v) is 9.94. The molecule has 3 aromatic carbocycles. The highest BCUT2D eigenvalue weighted by molar-refractivity contribution is 14.1. The van der Waals surface area contributed by atoms with Gasteiger partial charge in [0.15, 0.2) is 0 Å². The summed E-state index contributed by atoms with van der Waals surface area (Å²) in [6.07, 6.45) is 1.82. The molecular weight excluding hydrogens is 492 g/mol. The van der Waals surface area contributed by atoms with E-state index in [1.807, 2.05) is 66.7 Å². The van der Waals surface area contributed by atoms with E-state index in [1.165, 1.54) is 0 Å². The molecule has 0 heterocycles. The fourth-order valence-corrected chi connectivity index (χ4v) is 3.63. The Bertz CT molecular complexity index is 1040. The third-order valence-electron chi connectivity index (χ3n) is 3.89. The molecule has 0 saturated carbocycles. The first-order valence-electron chi connectivity index (χ1n) is 8.11. The second-order valence-corrected chi connectivity index (χ2v) is 7.70. The zero-order chi connectivity index (χ0) is 19.2.